The average Bonchev–Trinajstić information content (AvgIpc) is 3.03. The van der Waals surface area contributed by atoms with E-state index in [1.54, 1.807) is 77.9 Å². The molecule has 0 saturated heterocycles. The topological polar surface area (TPSA) is 160 Å². The van der Waals surface area contributed by atoms with Gasteiger partial charge in [0, 0.05) is 0 Å². The standard InChI is InChI=1S/C39H38F2O11S/c1-19-10-22(4)32(23(5)11-19)50-36(43)29-17-31(38(45)52-34-26(8)14-21(3)15-27(34)9)30(37(44)51-33-24(6)12-20(2)13-25(33)7)16-28(29)35(42)49-18-39(40,41)53(46,47)48/h10-17H,18H2,1-9H3,(H,46,47,48). The van der Waals surface area contributed by atoms with Gasteiger partial charge in [-0.05, 0) is 108 Å². The Morgan fingerprint density at radius 2 is 0.755 bits per heavy atom. The molecule has 0 unspecified atom stereocenters. The minimum Gasteiger partial charge on any atom is -0.454 e. The highest BCUT2D eigenvalue weighted by Crippen LogP contribution is 2.32. The minimum atomic E-state index is -6.02. The van der Waals surface area contributed by atoms with E-state index in [2.05, 4.69) is 4.74 Å². The number of carbonyl (C=O) groups is 4. The monoisotopic (exact) mass is 752 g/mol. The van der Waals surface area contributed by atoms with Crippen molar-refractivity contribution in [3.05, 3.63) is 121 Å². The van der Waals surface area contributed by atoms with Crippen LogP contribution in [-0.4, -0.2) is 48.7 Å². The van der Waals surface area contributed by atoms with Gasteiger partial charge >= 0.3 is 39.2 Å². The Morgan fingerprint density at radius 3 is 1.00 bits per heavy atom. The predicted molar refractivity (Wildman–Crippen MR) is 190 cm³/mol. The molecule has 0 aliphatic carbocycles. The van der Waals surface area contributed by atoms with E-state index in [-0.39, 0.29) is 17.2 Å². The molecule has 11 nitrogen and oxygen atoms in total. The molecule has 0 fully saturated rings. The normalized spacial score (nSPS) is 11.5. The molecular formula is C39H38F2O11S. The molecule has 4 aromatic rings. The zero-order valence-corrected chi connectivity index (χ0v) is 31.3. The van der Waals surface area contributed by atoms with Gasteiger partial charge in [-0.3, -0.25) is 4.55 Å². The number of rotatable bonds is 10. The van der Waals surface area contributed by atoms with Crippen LogP contribution in [0, 0.1) is 62.3 Å². The molecule has 0 atom stereocenters. The first-order valence-corrected chi connectivity index (χ1v) is 17.5. The van der Waals surface area contributed by atoms with Crippen molar-refractivity contribution in [2.75, 3.05) is 6.61 Å². The van der Waals surface area contributed by atoms with Crippen molar-refractivity contribution in [3.63, 3.8) is 0 Å². The van der Waals surface area contributed by atoms with Crippen LogP contribution >= 0.6 is 0 Å². The minimum absolute atomic E-state index is 0.0849. The SMILES string of the molecule is Cc1cc(C)c(OC(=O)c2cc(C(=O)Oc3c(C)cc(C)cc3C)c(C(=O)Oc3c(C)cc(C)cc3C)cc2C(=O)OCC(F)(F)S(=O)(=O)O)c(C)c1. The van der Waals surface area contributed by atoms with Gasteiger partial charge in [-0.15, -0.1) is 0 Å². The average molecular weight is 753 g/mol. The number of carbonyl (C=O) groups excluding carboxylic acids is 4. The van der Waals surface area contributed by atoms with E-state index in [0.717, 1.165) is 22.8 Å². The van der Waals surface area contributed by atoms with Crippen molar-refractivity contribution < 1.29 is 59.9 Å². The lowest BCUT2D eigenvalue weighted by Gasteiger charge is -2.18. The summed E-state index contributed by atoms with van der Waals surface area (Å²) in [4.78, 5) is 55.3. The summed E-state index contributed by atoms with van der Waals surface area (Å²) < 4.78 is 81.4. The number of alkyl halides is 2. The van der Waals surface area contributed by atoms with Crippen molar-refractivity contribution in [1.29, 1.82) is 0 Å². The first kappa shape index (κ1) is 40.3. The molecule has 1 N–H and O–H groups in total. The third-order valence-electron chi connectivity index (χ3n) is 8.18. The lowest BCUT2D eigenvalue weighted by Crippen LogP contribution is -2.35. The number of esters is 4. The van der Waals surface area contributed by atoms with Crippen LogP contribution in [0.2, 0.25) is 0 Å². The highest BCUT2D eigenvalue weighted by Gasteiger charge is 2.46. The molecule has 0 spiro atoms. The summed E-state index contributed by atoms with van der Waals surface area (Å²) in [5, 5.41) is -4.94. The summed E-state index contributed by atoms with van der Waals surface area (Å²) in [6.07, 6.45) is 0. The zero-order chi connectivity index (χ0) is 39.7. The Bertz CT molecular complexity index is 2220. The Labute approximate surface area is 305 Å². The highest BCUT2D eigenvalue weighted by atomic mass is 32.2. The van der Waals surface area contributed by atoms with Crippen LogP contribution < -0.4 is 14.2 Å². The van der Waals surface area contributed by atoms with Crippen molar-refractivity contribution >= 4 is 34.0 Å². The smallest absolute Gasteiger partial charge is 0.402 e. The maximum Gasteiger partial charge on any atom is 0.402 e. The van der Waals surface area contributed by atoms with Gasteiger partial charge in [0.1, 0.15) is 17.2 Å². The zero-order valence-electron chi connectivity index (χ0n) is 30.5. The molecule has 0 aliphatic rings. The summed E-state index contributed by atoms with van der Waals surface area (Å²) in [6.45, 7) is 13.4. The Kier molecular flexibility index (Phi) is 11.6. The van der Waals surface area contributed by atoms with E-state index in [4.69, 9.17) is 18.8 Å². The van der Waals surface area contributed by atoms with Crippen LogP contribution in [0.15, 0.2) is 48.5 Å². The predicted octanol–water partition coefficient (Wildman–Crippen LogP) is 7.76. The molecule has 280 valence electrons. The Balaban J connectivity index is 1.95. The van der Waals surface area contributed by atoms with Crippen LogP contribution in [0.1, 0.15) is 91.5 Å². The number of ether oxygens (including phenoxy) is 4. The van der Waals surface area contributed by atoms with Crippen LogP contribution in [-0.2, 0) is 14.9 Å². The van der Waals surface area contributed by atoms with Gasteiger partial charge in [0.25, 0.3) is 0 Å². The molecule has 0 amide bonds. The molecule has 0 saturated carbocycles. The van der Waals surface area contributed by atoms with Gasteiger partial charge in [0.2, 0.25) is 0 Å². The third kappa shape index (κ3) is 8.95. The summed E-state index contributed by atoms with van der Waals surface area (Å²) in [5.74, 6) is -4.99. The number of aryl methyl sites for hydroxylation is 9. The summed E-state index contributed by atoms with van der Waals surface area (Å²) in [6, 6.07) is 11.9. The summed E-state index contributed by atoms with van der Waals surface area (Å²) in [5.41, 5.74) is 3.03. The lowest BCUT2D eigenvalue weighted by atomic mass is 9.97. The van der Waals surface area contributed by atoms with Crippen LogP contribution in [0.5, 0.6) is 17.2 Å². The molecule has 4 aromatic carbocycles. The number of benzene rings is 4. The van der Waals surface area contributed by atoms with E-state index in [1.165, 1.54) is 0 Å². The fourth-order valence-corrected chi connectivity index (χ4v) is 6.21. The Hall–Kier alpha value is -5.47. The summed E-state index contributed by atoms with van der Waals surface area (Å²) >= 11 is 0. The number of hydrogen-bond donors (Lipinski definition) is 1. The fourth-order valence-electron chi connectivity index (χ4n) is 6.00. The maximum absolute atomic E-state index is 14.2. The second-order valence-electron chi connectivity index (χ2n) is 13.0. The molecule has 4 rings (SSSR count). The van der Waals surface area contributed by atoms with E-state index < -0.39 is 68.1 Å². The maximum atomic E-state index is 14.2. The lowest BCUT2D eigenvalue weighted by molar-refractivity contribution is -0.00963. The molecule has 0 aliphatic heterocycles. The van der Waals surface area contributed by atoms with Gasteiger partial charge in [-0.2, -0.15) is 17.2 Å². The molecule has 0 radical (unpaired) electrons. The first-order chi connectivity index (χ1) is 24.5. The third-order valence-corrected chi connectivity index (χ3v) is 9.06. The molecule has 0 aromatic heterocycles. The van der Waals surface area contributed by atoms with E-state index in [9.17, 15) is 36.4 Å². The molecule has 0 heterocycles. The van der Waals surface area contributed by atoms with Crippen LogP contribution in [0.4, 0.5) is 8.78 Å². The van der Waals surface area contributed by atoms with Crippen molar-refractivity contribution in [3.8, 4) is 17.2 Å². The van der Waals surface area contributed by atoms with Crippen LogP contribution in [0.25, 0.3) is 0 Å². The number of halogens is 2. The van der Waals surface area contributed by atoms with Crippen LogP contribution in [0.3, 0.4) is 0 Å². The molecule has 53 heavy (non-hydrogen) atoms. The van der Waals surface area contributed by atoms with Gasteiger partial charge in [-0.1, -0.05) is 53.1 Å². The van der Waals surface area contributed by atoms with Crippen molar-refractivity contribution in [2.24, 2.45) is 0 Å². The van der Waals surface area contributed by atoms with Crippen molar-refractivity contribution in [1.82, 2.24) is 0 Å². The first-order valence-electron chi connectivity index (χ1n) is 16.1. The fraction of sp³-hybridized carbons (Fsp3) is 0.282. The van der Waals surface area contributed by atoms with E-state index in [1.807, 2.05) is 20.8 Å². The second-order valence-corrected chi connectivity index (χ2v) is 14.5. The van der Waals surface area contributed by atoms with Gasteiger partial charge in [-0.25, -0.2) is 19.2 Å². The number of hydrogen-bond acceptors (Lipinski definition) is 10. The molecule has 14 heteroatoms. The summed E-state index contributed by atoms with van der Waals surface area (Å²) in [7, 11) is -6.02. The quantitative estimate of drug-likeness (QED) is 0.0958. The van der Waals surface area contributed by atoms with Gasteiger partial charge in [0.15, 0.2) is 6.61 Å². The highest BCUT2D eigenvalue weighted by molar-refractivity contribution is 7.86. The second kappa shape index (κ2) is 15.2. The Morgan fingerprint density at radius 1 is 0.509 bits per heavy atom. The van der Waals surface area contributed by atoms with Crippen molar-refractivity contribution in [2.45, 2.75) is 67.6 Å². The van der Waals surface area contributed by atoms with Gasteiger partial charge < -0.3 is 18.9 Å². The van der Waals surface area contributed by atoms with E-state index in [0.29, 0.717) is 39.4 Å². The molecule has 0 bridgehead atoms. The molecular weight excluding hydrogens is 714 g/mol. The van der Waals surface area contributed by atoms with Gasteiger partial charge in [0.05, 0.1) is 22.3 Å². The van der Waals surface area contributed by atoms with E-state index >= 15 is 0 Å². The largest absolute Gasteiger partial charge is 0.454 e.